The molecule has 3 N–H and O–H groups in total. The van der Waals surface area contributed by atoms with Gasteiger partial charge in [0.1, 0.15) is 24.8 Å². The van der Waals surface area contributed by atoms with Gasteiger partial charge in [-0.15, -0.1) is 0 Å². The van der Waals surface area contributed by atoms with Crippen LogP contribution >= 0.6 is 0 Å². The van der Waals surface area contributed by atoms with E-state index in [1.165, 1.54) is 0 Å². The third-order valence-corrected chi connectivity index (χ3v) is 5.07. The van der Waals surface area contributed by atoms with Gasteiger partial charge < -0.3 is 24.8 Å². The lowest BCUT2D eigenvalue weighted by Gasteiger charge is -2.24. The number of aromatic nitrogens is 4. The second-order valence-electron chi connectivity index (χ2n) is 7.38. The SMILES string of the molecule is Cc1cc(Nc2cc(NC3CCOCC3)nc(-c3cccc4c3OCCO4)n2)n[nH]1. The monoisotopic (exact) mass is 408 g/mol. The van der Waals surface area contributed by atoms with Gasteiger partial charge in [0.15, 0.2) is 23.1 Å². The van der Waals surface area contributed by atoms with Crippen molar-refractivity contribution in [2.75, 3.05) is 37.1 Å². The number of para-hydroxylation sites is 1. The molecule has 156 valence electrons. The lowest BCUT2D eigenvalue weighted by Crippen LogP contribution is -2.28. The van der Waals surface area contributed by atoms with Gasteiger partial charge in [0.25, 0.3) is 0 Å². The van der Waals surface area contributed by atoms with E-state index in [2.05, 4.69) is 20.8 Å². The van der Waals surface area contributed by atoms with Crippen molar-refractivity contribution in [1.82, 2.24) is 20.2 Å². The standard InChI is InChI=1S/C21H24N6O3/c1-13-11-19(27-26-13)23-18-12-17(22-14-5-7-28-8-6-14)24-21(25-18)15-3-2-4-16-20(15)30-10-9-29-16/h2-4,11-12,14H,5-10H2,1H3,(H3,22,23,24,25,26,27). The Morgan fingerprint density at radius 3 is 2.63 bits per heavy atom. The van der Waals surface area contributed by atoms with E-state index < -0.39 is 0 Å². The summed E-state index contributed by atoms with van der Waals surface area (Å²) in [6.07, 6.45) is 1.89. The normalized spacial score (nSPS) is 16.3. The number of fused-ring (bicyclic) bond motifs is 1. The van der Waals surface area contributed by atoms with Crippen molar-refractivity contribution in [3.8, 4) is 22.9 Å². The number of nitrogens with zero attached hydrogens (tertiary/aromatic N) is 3. The van der Waals surface area contributed by atoms with Gasteiger partial charge in [0.05, 0.1) is 5.56 Å². The molecule has 30 heavy (non-hydrogen) atoms. The molecule has 1 saturated heterocycles. The van der Waals surface area contributed by atoms with Crippen LogP contribution in [0.2, 0.25) is 0 Å². The maximum absolute atomic E-state index is 5.88. The minimum atomic E-state index is 0.311. The van der Waals surface area contributed by atoms with Crippen molar-refractivity contribution >= 4 is 17.5 Å². The Labute approximate surface area is 174 Å². The molecule has 3 aromatic rings. The van der Waals surface area contributed by atoms with Crippen LogP contribution in [0.25, 0.3) is 11.4 Å². The summed E-state index contributed by atoms with van der Waals surface area (Å²) in [4.78, 5) is 9.52. The lowest BCUT2D eigenvalue weighted by atomic mass is 10.1. The molecular formula is C21H24N6O3. The second kappa shape index (κ2) is 8.19. The number of hydrogen-bond acceptors (Lipinski definition) is 8. The Hall–Kier alpha value is -3.33. The van der Waals surface area contributed by atoms with Crippen LogP contribution in [0.15, 0.2) is 30.3 Å². The summed E-state index contributed by atoms with van der Waals surface area (Å²) in [5.41, 5.74) is 1.76. The zero-order valence-electron chi connectivity index (χ0n) is 16.8. The molecule has 0 amide bonds. The largest absolute Gasteiger partial charge is 0.486 e. The van der Waals surface area contributed by atoms with Crippen LogP contribution in [0.4, 0.5) is 17.5 Å². The van der Waals surface area contributed by atoms with Crippen molar-refractivity contribution in [1.29, 1.82) is 0 Å². The van der Waals surface area contributed by atoms with Crippen molar-refractivity contribution in [2.45, 2.75) is 25.8 Å². The number of nitrogens with one attached hydrogen (secondary N) is 3. The summed E-state index contributed by atoms with van der Waals surface area (Å²) in [7, 11) is 0. The van der Waals surface area contributed by atoms with Crippen LogP contribution in [0.3, 0.4) is 0 Å². The van der Waals surface area contributed by atoms with Gasteiger partial charge in [0.2, 0.25) is 0 Å². The molecule has 2 aromatic heterocycles. The number of aryl methyl sites for hydroxylation is 1. The van der Waals surface area contributed by atoms with Crippen molar-refractivity contribution in [3.05, 3.63) is 36.0 Å². The van der Waals surface area contributed by atoms with Crippen LogP contribution < -0.4 is 20.1 Å². The average molecular weight is 408 g/mol. The lowest BCUT2D eigenvalue weighted by molar-refractivity contribution is 0.0904. The zero-order chi connectivity index (χ0) is 20.3. The number of aromatic amines is 1. The van der Waals surface area contributed by atoms with Gasteiger partial charge in [-0.25, -0.2) is 9.97 Å². The van der Waals surface area contributed by atoms with Crippen LogP contribution in [-0.2, 0) is 4.74 Å². The summed E-state index contributed by atoms with van der Waals surface area (Å²) in [5.74, 6) is 4.04. The van der Waals surface area contributed by atoms with Crippen molar-refractivity contribution in [3.63, 3.8) is 0 Å². The quantitative estimate of drug-likeness (QED) is 0.591. The molecular weight excluding hydrogens is 384 g/mol. The summed E-state index contributed by atoms with van der Waals surface area (Å²) in [5, 5.41) is 14.0. The van der Waals surface area contributed by atoms with Gasteiger partial charge >= 0.3 is 0 Å². The third kappa shape index (κ3) is 4.02. The second-order valence-corrected chi connectivity index (χ2v) is 7.38. The van der Waals surface area contributed by atoms with Crippen LogP contribution in [-0.4, -0.2) is 52.6 Å². The predicted molar refractivity (Wildman–Crippen MR) is 113 cm³/mol. The molecule has 9 heteroatoms. The van der Waals surface area contributed by atoms with E-state index in [9.17, 15) is 0 Å². The topological polar surface area (TPSA) is 106 Å². The Morgan fingerprint density at radius 1 is 0.967 bits per heavy atom. The first-order chi connectivity index (χ1) is 14.7. The van der Waals surface area contributed by atoms with E-state index in [1.807, 2.05) is 37.3 Å². The van der Waals surface area contributed by atoms with Gasteiger partial charge in [-0.1, -0.05) is 6.07 Å². The molecule has 9 nitrogen and oxygen atoms in total. The van der Waals surface area contributed by atoms with Crippen LogP contribution in [0.5, 0.6) is 11.5 Å². The number of H-pyrrole nitrogens is 1. The Kier molecular flexibility index (Phi) is 5.10. The highest BCUT2D eigenvalue weighted by Gasteiger charge is 2.21. The average Bonchev–Trinajstić information content (AvgIpc) is 3.18. The summed E-state index contributed by atoms with van der Waals surface area (Å²) in [6, 6.07) is 9.91. The van der Waals surface area contributed by atoms with E-state index in [4.69, 9.17) is 24.2 Å². The molecule has 2 aliphatic heterocycles. The zero-order valence-corrected chi connectivity index (χ0v) is 16.8. The third-order valence-electron chi connectivity index (χ3n) is 5.07. The molecule has 0 spiro atoms. The van der Waals surface area contributed by atoms with Crippen LogP contribution in [0, 0.1) is 6.92 Å². The minimum absolute atomic E-state index is 0.311. The summed E-state index contributed by atoms with van der Waals surface area (Å²) < 4.78 is 17.1. The van der Waals surface area contributed by atoms with Gasteiger partial charge in [0, 0.05) is 37.1 Å². The number of ether oxygens (including phenoxy) is 3. The van der Waals surface area contributed by atoms with Crippen molar-refractivity contribution in [2.24, 2.45) is 0 Å². The molecule has 2 aliphatic rings. The summed E-state index contributed by atoms with van der Waals surface area (Å²) >= 11 is 0. The molecule has 0 atom stereocenters. The summed E-state index contributed by atoms with van der Waals surface area (Å²) in [6.45, 7) is 4.50. The first-order valence-corrected chi connectivity index (χ1v) is 10.2. The molecule has 0 unspecified atom stereocenters. The van der Waals surface area contributed by atoms with E-state index in [0.29, 0.717) is 48.2 Å². The van der Waals surface area contributed by atoms with E-state index in [-0.39, 0.29) is 0 Å². The number of rotatable bonds is 5. The number of anilines is 3. The Bertz CT molecular complexity index is 1030. The van der Waals surface area contributed by atoms with E-state index >= 15 is 0 Å². The first kappa shape index (κ1) is 18.7. The molecule has 0 aliphatic carbocycles. The minimum Gasteiger partial charge on any atom is -0.486 e. The fourth-order valence-electron chi connectivity index (χ4n) is 3.62. The molecule has 5 rings (SSSR count). The number of benzene rings is 1. The highest BCUT2D eigenvalue weighted by molar-refractivity contribution is 5.72. The predicted octanol–water partition coefficient (Wildman–Crippen LogP) is 3.28. The fraction of sp³-hybridized carbons (Fsp3) is 0.381. The molecule has 1 aromatic carbocycles. The van der Waals surface area contributed by atoms with Gasteiger partial charge in [-0.3, -0.25) is 5.10 Å². The van der Waals surface area contributed by atoms with Crippen molar-refractivity contribution < 1.29 is 14.2 Å². The Morgan fingerprint density at radius 2 is 1.80 bits per heavy atom. The smallest absolute Gasteiger partial charge is 0.172 e. The maximum Gasteiger partial charge on any atom is 0.172 e. The molecule has 0 radical (unpaired) electrons. The number of hydrogen-bond donors (Lipinski definition) is 3. The van der Waals surface area contributed by atoms with Crippen LogP contribution in [0.1, 0.15) is 18.5 Å². The molecule has 0 saturated carbocycles. The Balaban J connectivity index is 1.52. The fourth-order valence-corrected chi connectivity index (χ4v) is 3.62. The van der Waals surface area contributed by atoms with E-state index in [0.717, 1.165) is 43.1 Å². The highest BCUT2D eigenvalue weighted by atomic mass is 16.6. The molecule has 0 bridgehead atoms. The van der Waals surface area contributed by atoms with E-state index in [1.54, 1.807) is 0 Å². The highest BCUT2D eigenvalue weighted by Crippen LogP contribution is 2.39. The molecule has 4 heterocycles. The van der Waals surface area contributed by atoms with Gasteiger partial charge in [-0.05, 0) is 31.9 Å². The molecule has 1 fully saturated rings. The maximum atomic E-state index is 5.88. The first-order valence-electron chi connectivity index (χ1n) is 10.2. The van der Waals surface area contributed by atoms with Gasteiger partial charge in [-0.2, -0.15) is 5.10 Å².